The van der Waals surface area contributed by atoms with Gasteiger partial charge in [0, 0.05) is 6.07 Å². The van der Waals surface area contributed by atoms with Crippen molar-refractivity contribution >= 4 is 5.69 Å². The Bertz CT molecular complexity index is 674. The Morgan fingerprint density at radius 3 is 2.60 bits per heavy atom. The molecule has 0 radical (unpaired) electrons. The van der Waals surface area contributed by atoms with E-state index >= 15 is 0 Å². The lowest BCUT2D eigenvalue weighted by Gasteiger charge is -2.50. The van der Waals surface area contributed by atoms with Gasteiger partial charge in [-0.25, -0.2) is 0 Å². The van der Waals surface area contributed by atoms with Gasteiger partial charge in [0.2, 0.25) is 0 Å². The Morgan fingerprint density at radius 2 is 1.92 bits per heavy atom. The van der Waals surface area contributed by atoms with Gasteiger partial charge in [0.15, 0.2) is 5.75 Å². The zero-order valence-corrected chi connectivity index (χ0v) is 15.4. The van der Waals surface area contributed by atoms with Crippen molar-refractivity contribution in [3.8, 4) is 5.75 Å². The van der Waals surface area contributed by atoms with Crippen molar-refractivity contribution in [2.24, 2.45) is 17.3 Å². The molecule has 3 aliphatic rings. The average Bonchev–Trinajstić information content (AvgIpc) is 2.91. The molecule has 5 unspecified atom stereocenters. The van der Waals surface area contributed by atoms with Crippen LogP contribution in [-0.2, 0) is 6.42 Å². The second-order valence-electron chi connectivity index (χ2n) is 7.85. The number of nitro groups is 1. The van der Waals surface area contributed by atoms with E-state index < -0.39 is 4.92 Å². The number of aliphatic hydroxyl groups is 1. The minimum Gasteiger partial charge on any atom is -0.502 e. The summed E-state index contributed by atoms with van der Waals surface area (Å²) in [5.74, 6) is 1.13. The topological polar surface area (TPSA) is 83.6 Å². The molecule has 5 atom stereocenters. The van der Waals surface area contributed by atoms with Crippen LogP contribution in [0.15, 0.2) is 12.1 Å². The number of rotatable bonds is 1. The number of hydrogen-bond donors (Lipinski definition) is 2. The Morgan fingerprint density at radius 1 is 1.20 bits per heavy atom. The number of nitro benzene ring substituents is 1. The van der Waals surface area contributed by atoms with Gasteiger partial charge in [-0.2, -0.15) is 0 Å². The van der Waals surface area contributed by atoms with Crippen LogP contribution in [0.4, 0.5) is 5.69 Å². The fraction of sp³-hybridized carbons (Fsp3) is 0.700. The summed E-state index contributed by atoms with van der Waals surface area (Å²) in [7, 11) is 0. The Balaban J connectivity index is 0.000000880. The Hall–Kier alpha value is -1.62. The first-order valence-corrected chi connectivity index (χ1v) is 9.60. The first-order valence-electron chi connectivity index (χ1n) is 9.60. The van der Waals surface area contributed by atoms with Gasteiger partial charge in [0.1, 0.15) is 0 Å². The molecule has 0 heterocycles. The summed E-state index contributed by atoms with van der Waals surface area (Å²) in [6, 6.07) is 3.20. The zero-order valence-electron chi connectivity index (χ0n) is 15.4. The maximum absolute atomic E-state index is 11.2. The van der Waals surface area contributed by atoms with Gasteiger partial charge in [-0.05, 0) is 78.9 Å². The third kappa shape index (κ3) is 2.73. The molecular weight excluding hydrogens is 318 g/mol. The van der Waals surface area contributed by atoms with Crippen LogP contribution in [0.1, 0.15) is 69.9 Å². The maximum atomic E-state index is 11.2. The molecule has 2 fully saturated rings. The first kappa shape index (κ1) is 18.2. The van der Waals surface area contributed by atoms with Crippen molar-refractivity contribution in [1.29, 1.82) is 0 Å². The van der Waals surface area contributed by atoms with Crippen molar-refractivity contribution < 1.29 is 15.1 Å². The first-order chi connectivity index (χ1) is 11.9. The summed E-state index contributed by atoms with van der Waals surface area (Å²) >= 11 is 0. The second-order valence-corrected chi connectivity index (χ2v) is 7.85. The van der Waals surface area contributed by atoms with Crippen LogP contribution in [-0.4, -0.2) is 21.2 Å². The SMILES string of the molecule is CC.CC12CCC3c4cc([N+](=O)[O-])c(O)cc4CCC3C1CCC2O. The van der Waals surface area contributed by atoms with Crippen LogP contribution in [0.25, 0.3) is 0 Å². The maximum Gasteiger partial charge on any atom is 0.310 e. The molecule has 0 saturated heterocycles. The van der Waals surface area contributed by atoms with E-state index in [1.54, 1.807) is 12.1 Å². The number of fused-ring (bicyclic) bond motifs is 5. The van der Waals surface area contributed by atoms with Gasteiger partial charge in [-0.15, -0.1) is 0 Å². The van der Waals surface area contributed by atoms with Crippen molar-refractivity contribution in [1.82, 2.24) is 0 Å². The molecule has 5 nitrogen and oxygen atoms in total. The van der Waals surface area contributed by atoms with Gasteiger partial charge < -0.3 is 10.2 Å². The van der Waals surface area contributed by atoms with E-state index in [1.165, 1.54) is 0 Å². The van der Waals surface area contributed by atoms with Gasteiger partial charge in [-0.3, -0.25) is 10.1 Å². The lowest BCUT2D eigenvalue weighted by atomic mass is 9.55. The fourth-order valence-electron chi connectivity index (χ4n) is 5.71. The standard InChI is InChI=1S/C18H23NO4.C2H6/c1-18-7-6-11-12(14(18)4-5-17(18)21)3-2-10-8-16(20)15(19(22)23)9-13(10)11;1-2/h8-9,11-12,14,17,20-21H,2-7H2,1H3;1-2H3. The lowest BCUT2D eigenvalue weighted by Crippen LogP contribution is -2.43. The number of aliphatic hydroxyl groups excluding tert-OH is 1. The van der Waals surface area contributed by atoms with Crippen LogP contribution >= 0.6 is 0 Å². The Kier molecular flexibility index (Phi) is 4.80. The molecule has 2 N–H and O–H groups in total. The third-order valence-electron chi connectivity index (χ3n) is 6.97. The summed E-state index contributed by atoms with van der Waals surface area (Å²) in [5.41, 5.74) is 1.97. The lowest BCUT2D eigenvalue weighted by molar-refractivity contribution is -0.386. The van der Waals surface area contributed by atoms with Gasteiger partial charge in [0.25, 0.3) is 0 Å². The van der Waals surface area contributed by atoms with E-state index in [0.29, 0.717) is 17.8 Å². The van der Waals surface area contributed by atoms with Crippen LogP contribution in [0.2, 0.25) is 0 Å². The summed E-state index contributed by atoms with van der Waals surface area (Å²) in [6.45, 7) is 6.22. The minimum atomic E-state index is -0.495. The fourth-order valence-corrected chi connectivity index (χ4v) is 5.71. The molecule has 0 aliphatic heterocycles. The van der Waals surface area contributed by atoms with E-state index in [4.69, 9.17) is 0 Å². The zero-order chi connectivity index (χ0) is 18.4. The van der Waals surface area contributed by atoms with Crippen molar-refractivity contribution in [2.45, 2.75) is 71.3 Å². The van der Waals surface area contributed by atoms with Crippen LogP contribution in [0.3, 0.4) is 0 Å². The number of phenols is 1. The summed E-state index contributed by atoms with van der Waals surface area (Å²) in [5, 5.41) is 31.4. The highest BCUT2D eigenvalue weighted by Crippen LogP contribution is 2.61. The highest BCUT2D eigenvalue weighted by Gasteiger charge is 2.54. The van der Waals surface area contributed by atoms with E-state index in [1.807, 2.05) is 13.8 Å². The predicted octanol–water partition coefficient (Wildman–Crippen LogP) is 4.54. The second kappa shape index (κ2) is 6.60. The van der Waals surface area contributed by atoms with E-state index in [-0.39, 0.29) is 23.0 Å². The van der Waals surface area contributed by atoms with E-state index in [0.717, 1.165) is 49.7 Å². The minimum absolute atomic E-state index is 0.0154. The quantitative estimate of drug-likeness (QED) is 0.577. The molecule has 25 heavy (non-hydrogen) atoms. The van der Waals surface area contributed by atoms with E-state index in [9.17, 15) is 20.3 Å². The van der Waals surface area contributed by atoms with Crippen molar-refractivity contribution in [3.05, 3.63) is 33.4 Å². The molecule has 138 valence electrons. The van der Waals surface area contributed by atoms with Gasteiger partial charge in [-0.1, -0.05) is 20.8 Å². The number of nitrogens with zero attached hydrogens (tertiary/aromatic N) is 1. The van der Waals surface area contributed by atoms with Crippen LogP contribution in [0, 0.1) is 27.4 Å². The normalized spacial score (nSPS) is 35.7. The highest BCUT2D eigenvalue weighted by molar-refractivity contribution is 5.53. The third-order valence-corrected chi connectivity index (χ3v) is 6.97. The smallest absolute Gasteiger partial charge is 0.310 e. The number of aryl methyl sites for hydroxylation is 1. The van der Waals surface area contributed by atoms with Gasteiger partial charge >= 0.3 is 5.69 Å². The molecule has 0 spiro atoms. The molecule has 0 bridgehead atoms. The summed E-state index contributed by atoms with van der Waals surface area (Å²) in [6.07, 6.45) is 5.62. The molecule has 4 rings (SSSR count). The molecule has 1 aromatic rings. The summed E-state index contributed by atoms with van der Waals surface area (Å²) in [4.78, 5) is 10.7. The molecule has 0 aromatic heterocycles. The molecular formula is C20H29NO4. The summed E-state index contributed by atoms with van der Waals surface area (Å²) < 4.78 is 0. The number of aromatic hydroxyl groups is 1. The molecule has 0 amide bonds. The number of hydrogen-bond acceptors (Lipinski definition) is 4. The van der Waals surface area contributed by atoms with Crippen molar-refractivity contribution in [2.75, 3.05) is 0 Å². The Labute approximate surface area is 149 Å². The predicted molar refractivity (Wildman–Crippen MR) is 96.7 cm³/mol. The van der Waals surface area contributed by atoms with Crippen LogP contribution in [0.5, 0.6) is 5.75 Å². The largest absolute Gasteiger partial charge is 0.502 e. The number of benzene rings is 1. The van der Waals surface area contributed by atoms with Gasteiger partial charge in [0.05, 0.1) is 11.0 Å². The van der Waals surface area contributed by atoms with Crippen LogP contribution < -0.4 is 0 Å². The molecule has 1 aromatic carbocycles. The molecule has 3 aliphatic carbocycles. The monoisotopic (exact) mass is 347 g/mol. The van der Waals surface area contributed by atoms with E-state index in [2.05, 4.69) is 6.92 Å². The van der Waals surface area contributed by atoms with Crippen molar-refractivity contribution in [3.63, 3.8) is 0 Å². The molecule has 2 saturated carbocycles. The number of phenolic OH excluding ortho intramolecular Hbond substituents is 1. The average molecular weight is 347 g/mol. The molecule has 5 heteroatoms. The highest BCUT2D eigenvalue weighted by atomic mass is 16.6.